The van der Waals surface area contributed by atoms with E-state index in [-0.39, 0.29) is 36.8 Å². The first kappa shape index (κ1) is 19.8. The Balaban J connectivity index is 0.00000132. The zero-order chi connectivity index (χ0) is 14.7. The SMILES string of the molecule is Cl.Cl.N[C@@H]1CCN(C(=O)c2ccc(CSc3ncn[nH]3)cc2)C1. The Bertz CT molecular complexity index is 608. The van der Waals surface area contributed by atoms with Crippen LogP contribution >= 0.6 is 36.6 Å². The summed E-state index contributed by atoms with van der Waals surface area (Å²) in [6.45, 7) is 1.41. The number of hydrogen-bond acceptors (Lipinski definition) is 5. The Hall–Kier alpha value is -1.28. The zero-order valence-corrected chi connectivity index (χ0v) is 14.8. The maximum atomic E-state index is 12.3. The number of carbonyl (C=O) groups is 1. The molecule has 0 unspecified atom stereocenters. The van der Waals surface area contributed by atoms with Crippen molar-refractivity contribution in [1.29, 1.82) is 0 Å². The van der Waals surface area contributed by atoms with Crippen molar-refractivity contribution < 1.29 is 4.79 Å². The molecule has 2 heterocycles. The van der Waals surface area contributed by atoms with Gasteiger partial charge in [0.1, 0.15) is 6.33 Å². The van der Waals surface area contributed by atoms with Gasteiger partial charge in [-0.15, -0.1) is 24.8 Å². The van der Waals surface area contributed by atoms with E-state index < -0.39 is 0 Å². The minimum Gasteiger partial charge on any atom is -0.337 e. The van der Waals surface area contributed by atoms with Crippen LogP contribution in [0.1, 0.15) is 22.3 Å². The lowest BCUT2D eigenvalue weighted by atomic mass is 10.1. The number of amides is 1. The average molecular weight is 376 g/mol. The molecule has 3 N–H and O–H groups in total. The number of aromatic nitrogens is 3. The molecule has 1 aromatic carbocycles. The third kappa shape index (κ3) is 5.10. The summed E-state index contributed by atoms with van der Waals surface area (Å²) in [5, 5.41) is 7.40. The minimum absolute atomic E-state index is 0. The van der Waals surface area contributed by atoms with Gasteiger partial charge in [0.05, 0.1) is 0 Å². The van der Waals surface area contributed by atoms with E-state index in [0.717, 1.165) is 35.0 Å². The molecule has 6 nitrogen and oxygen atoms in total. The number of nitrogens with two attached hydrogens (primary N) is 1. The third-order valence-electron chi connectivity index (χ3n) is 3.48. The van der Waals surface area contributed by atoms with Gasteiger partial charge in [0, 0.05) is 30.4 Å². The van der Waals surface area contributed by atoms with Crippen LogP contribution < -0.4 is 5.73 Å². The molecule has 1 aliphatic rings. The number of benzene rings is 1. The van der Waals surface area contributed by atoms with E-state index in [4.69, 9.17) is 5.73 Å². The maximum absolute atomic E-state index is 12.3. The maximum Gasteiger partial charge on any atom is 0.253 e. The summed E-state index contributed by atoms with van der Waals surface area (Å²) >= 11 is 1.58. The molecule has 2 aromatic rings. The Morgan fingerprint density at radius 3 is 2.65 bits per heavy atom. The van der Waals surface area contributed by atoms with E-state index >= 15 is 0 Å². The van der Waals surface area contributed by atoms with Crippen LogP contribution in [0.25, 0.3) is 0 Å². The van der Waals surface area contributed by atoms with Crippen molar-refractivity contribution in [2.75, 3.05) is 13.1 Å². The van der Waals surface area contributed by atoms with Gasteiger partial charge in [-0.25, -0.2) is 4.98 Å². The van der Waals surface area contributed by atoms with Crippen LogP contribution in [-0.2, 0) is 5.75 Å². The lowest BCUT2D eigenvalue weighted by molar-refractivity contribution is 0.0791. The third-order valence-corrected chi connectivity index (χ3v) is 4.43. The van der Waals surface area contributed by atoms with E-state index in [2.05, 4.69) is 15.2 Å². The van der Waals surface area contributed by atoms with Crippen molar-refractivity contribution in [3.05, 3.63) is 41.7 Å². The highest BCUT2D eigenvalue weighted by molar-refractivity contribution is 7.98. The quantitative estimate of drug-likeness (QED) is 0.798. The first-order valence-electron chi connectivity index (χ1n) is 6.84. The highest BCUT2D eigenvalue weighted by Crippen LogP contribution is 2.19. The number of H-pyrrole nitrogens is 1. The van der Waals surface area contributed by atoms with E-state index in [0.29, 0.717) is 6.54 Å². The molecule has 3 rings (SSSR count). The monoisotopic (exact) mass is 375 g/mol. The second-order valence-electron chi connectivity index (χ2n) is 5.08. The summed E-state index contributed by atoms with van der Waals surface area (Å²) in [5.41, 5.74) is 7.70. The van der Waals surface area contributed by atoms with Gasteiger partial charge < -0.3 is 10.6 Å². The molecule has 1 amide bonds. The molecule has 1 fully saturated rings. The van der Waals surface area contributed by atoms with Gasteiger partial charge in [0.15, 0.2) is 5.16 Å². The molecule has 126 valence electrons. The number of nitrogens with zero attached hydrogens (tertiary/aromatic N) is 3. The van der Waals surface area contributed by atoms with E-state index in [1.54, 1.807) is 11.8 Å². The van der Waals surface area contributed by atoms with Gasteiger partial charge in [-0.05, 0) is 24.1 Å². The second kappa shape index (κ2) is 9.12. The van der Waals surface area contributed by atoms with Crippen molar-refractivity contribution in [2.45, 2.75) is 23.4 Å². The normalized spacial score (nSPS) is 16.6. The summed E-state index contributed by atoms with van der Waals surface area (Å²) in [7, 11) is 0. The molecule has 1 aliphatic heterocycles. The van der Waals surface area contributed by atoms with Crippen molar-refractivity contribution >= 4 is 42.5 Å². The Kier molecular flexibility index (Phi) is 7.84. The molecule has 23 heavy (non-hydrogen) atoms. The van der Waals surface area contributed by atoms with Crippen LogP contribution in [0.3, 0.4) is 0 Å². The molecule has 1 atom stereocenters. The van der Waals surface area contributed by atoms with Crippen LogP contribution in [0.15, 0.2) is 35.7 Å². The smallest absolute Gasteiger partial charge is 0.253 e. The average Bonchev–Trinajstić information content (AvgIpc) is 3.16. The highest BCUT2D eigenvalue weighted by atomic mass is 35.5. The van der Waals surface area contributed by atoms with Crippen LogP contribution in [0.5, 0.6) is 0 Å². The fourth-order valence-electron chi connectivity index (χ4n) is 2.31. The largest absolute Gasteiger partial charge is 0.337 e. The number of hydrogen-bond donors (Lipinski definition) is 2. The predicted octanol–water partition coefficient (Wildman–Crippen LogP) is 2.11. The molecule has 1 aromatic heterocycles. The van der Waals surface area contributed by atoms with E-state index in [1.807, 2.05) is 29.2 Å². The summed E-state index contributed by atoms with van der Waals surface area (Å²) in [5.74, 6) is 0.857. The van der Waals surface area contributed by atoms with Gasteiger partial charge in [-0.2, -0.15) is 5.10 Å². The molecular formula is C14H19Cl2N5OS. The molecule has 0 spiro atoms. The van der Waals surface area contributed by atoms with Crippen LogP contribution in [0, 0.1) is 0 Å². The number of thioether (sulfide) groups is 1. The molecule has 0 radical (unpaired) electrons. The highest BCUT2D eigenvalue weighted by Gasteiger charge is 2.24. The van der Waals surface area contributed by atoms with Gasteiger partial charge in [-0.1, -0.05) is 23.9 Å². The van der Waals surface area contributed by atoms with Gasteiger partial charge >= 0.3 is 0 Å². The first-order valence-corrected chi connectivity index (χ1v) is 7.83. The first-order chi connectivity index (χ1) is 10.2. The number of nitrogens with one attached hydrogen (secondary N) is 1. The number of carbonyl (C=O) groups excluding carboxylic acids is 1. The summed E-state index contributed by atoms with van der Waals surface area (Å²) < 4.78 is 0. The molecular weight excluding hydrogens is 357 g/mol. The predicted molar refractivity (Wildman–Crippen MR) is 95.4 cm³/mol. The standard InChI is InChI=1S/C14H17N5OS.2ClH/c15-12-5-6-19(7-12)13(20)11-3-1-10(2-4-11)8-21-14-16-9-17-18-14;;/h1-4,9,12H,5-8,15H2,(H,16,17,18);2*1H/t12-;;/m1../s1. The minimum atomic E-state index is 0. The number of likely N-dealkylation sites (tertiary alicyclic amines) is 1. The number of aromatic amines is 1. The van der Waals surface area contributed by atoms with Crippen molar-refractivity contribution in [3.63, 3.8) is 0 Å². The Morgan fingerprint density at radius 1 is 1.35 bits per heavy atom. The lowest BCUT2D eigenvalue weighted by Gasteiger charge is -2.15. The molecule has 0 bridgehead atoms. The zero-order valence-electron chi connectivity index (χ0n) is 12.3. The molecule has 0 saturated carbocycles. The summed E-state index contributed by atoms with van der Waals surface area (Å²) in [6, 6.07) is 7.83. The molecule has 1 saturated heterocycles. The summed E-state index contributed by atoms with van der Waals surface area (Å²) in [6.07, 6.45) is 2.38. The summed E-state index contributed by atoms with van der Waals surface area (Å²) in [4.78, 5) is 18.2. The lowest BCUT2D eigenvalue weighted by Crippen LogP contribution is -2.31. The van der Waals surface area contributed by atoms with Gasteiger partial charge in [0.25, 0.3) is 5.91 Å². The van der Waals surface area contributed by atoms with Gasteiger partial charge in [-0.3, -0.25) is 9.89 Å². The molecule has 9 heteroatoms. The second-order valence-corrected chi connectivity index (χ2v) is 6.04. The molecule has 0 aliphatic carbocycles. The van der Waals surface area contributed by atoms with Crippen LogP contribution in [-0.4, -0.2) is 45.1 Å². The van der Waals surface area contributed by atoms with E-state index in [9.17, 15) is 4.79 Å². The fraction of sp³-hybridized carbons (Fsp3) is 0.357. The Labute approximate surface area is 151 Å². The van der Waals surface area contributed by atoms with Crippen LogP contribution in [0.4, 0.5) is 0 Å². The van der Waals surface area contributed by atoms with E-state index in [1.165, 1.54) is 6.33 Å². The van der Waals surface area contributed by atoms with Gasteiger partial charge in [0.2, 0.25) is 0 Å². The Morgan fingerprint density at radius 2 is 2.09 bits per heavy atom. The van der Waals surface area contributed by atoms with Crippen LogP contribution in [0.2, 0.25) is 0 Å². The number of halogens is 2. The topological polar surface area (TPSA) is 87.9 Å². The van der Waals surface area contributed by atoms with Crippen molar-refractivity contribution in [1.82, 2.24) is 20.1 Å². The number of rotatable bonds is 4. The van der Waals surface area contributed by atoms with Crippen molar-refractivity contribution in [2.24, 2.45) is 5.73 Å². The van der Waals surface area contributed by atoms with Crippen molar-refractivity contribution in [3.8, 4) is 0 Å². The fourth-order valence-corrected chi connectivity index (χ4v) is 3.05.